The number of nitrogens with one attached hydrogen (secondary N) is 1. The number of hydrogen-bond donors (Lipinski definition) is 1. The maximum Gasteiger partial charge on any atom is 0.412 e. The molecule has 7 heteroatoms. The van der Waals surface area contributed by atoms with Gasteiger partial charge >= 0.3 is 12.2 Å². The van der Waals surface area contributed by atoms with E-state index < -0.39 is 18.5 Å². The molecule has 0 bridgehead atoms. The van der Waals surface area contributed by atoms with Crippen molar-refractivity contribution in [1.29, 1.82) is 0 Å². The van der Waals surface area contributed by atoms with Crippen LogP contribution in [0.25, 0.3) is 11.1 Å². The summed E-state index contributed by atoms with van der Waals surface area (Å²) in [5, 5.41) is 2.62. The standard InChI is InChI=1S/C23H26N2O5/c1-28-21(30-23(27)25-12-6-7-13-25)14-24-22(26)29-15-20-18-10-4-2-8-16(18)17-9-3-5-11-19(17)20/h2-5,8-11,20-21H,6-7,12-15H2,1H3,(H,24,26). The van der Waals surface area contributed by atoms with Crippen LogP contribution in [0.3, 0.4) is 0 Å². The van der Waals surface area contributed by atoms with Gasteiger partial charge in [0.15, 0.2) is 0 Å². The highest BCUT2D eigenvalue weighted by atomic mass is 16.7. The molecule has 158 valence electrons. The van der Waals surface area contributed by atoms with E-state index in [0.29, 0.717) is 13.1 Å². The number of rotatable bonds is 6. The molecule has 4 rings (SSSR count). The predicted octanol–water partition coefficient (Wildman–Crippen LogP) is 3.73. The average molecular weight is 410 g/mol. The fourth-order valence-corrected chi connectivity index (χ4v) is 4.08. The fourth-order valence-electron chi connectivity index (χ4n) is 4.08. The third kappa shape index (κ3) is 4.26. The third-order valence-electron chi connectivity index (χ3n) is 5.62. The normalized spacial score (nSPS) is 16.0. The summed E-state index contributed by atoms with van der Waals surface area (Å²) in [6.45, 7) is 1.63. The summed E-state index contributed by atoms with van der Waals surface area (Å²) < 4.78 is 15.9. The molecule has 1 atom stereocenters. The van der Waals surface area contributed by atoms with Crippen LogP contribution in [0.5, 0.6) is 0 Å². The zero-order valence-corrected chi connectivity index (χ0v) is 17.0. The van der Waals surface area contributed by atoms with Crippen molar-refractivity contribution >= 4 is 12.2 Å². The monoisotopic (exact) mass is 410 g/mol. The number of benzene rings is 2. The number of amides is 2. The van der Waals surface area contributed by atoms with Crippen LogP contribution in [0.1, 0.15) is 29.9 Å². The Morgan fingerprint density at radius 1 is 1.03 bits per heavy atom. The number of hydrogen-bond acceptors (Lipinski definition) is 5. The molecule has 1 unspecified atom stereocenters. The summed E-state index contributed by atoms with van der Waals surface area (Å²) in [6, 6.07) is 16.3. The molecular weight excluding hydrogens is 384 g/mol. The van der Waals surface area contributed by atoms with Gasteiger partial charge in [0.2, 0.25) is 6.29 Å². The Kier molecular flexibility index (Phi) is 6.18. The average Bonchev–Trinajstić information content (AvgIpc) is 3.42. The van der Waals surface area contributed by atoms with Crippen molar-refractivity contribution in [3.05, 3.63) is 59.7 Å². The van der Waals surface area contributed by atoms with Gasteiger partial charge in [-0.15, -0.1) is 0 Å². The van der Waals surface area contributed by atoms with Crippen molar-refractivity contribution in [2.75, 3.05) is 33.4 Å². The molecule has 7 nitrogen and oxygen atoms in total. The lowest BCUT2D eigenvalue weighted by molar-refractivity contribution is -0.0862. The highest BCUT2D eigenvalue weighted by molar-refractivity contribution is 5.79. The molecule has 0 spiro atoms. The molecule has 0 aromatic heterocycles. The van der Waals surface area contributed by atoms with E-state index in [1.807, 2.05) is 24.3 Å². The van der Waals surface area contributed by atoms with Gasteiger partial charge in [0.05, 0.1) is 6.54 Å². The SMILES string of the molecule is COC(CNC(=O)OCC1c2ccccc2-c2ccccc21)OC(=O)N1CCCC1. The fraction of sp³-hybridized carbons (Fsp3) is 0.391. The Morgan fingerprint density at radius 3 is 2.23 bits per heavy atom. The molecule has 0 saturated carbocycles. The third-order valence-corrected chi connectivity index (χ3v) is 5.62. The summed E-state index contributed by atoms with van der Waals surface area (Å²) in [4.78, 5) is 26.0. The lowest BCUT2D eigenvalue weighted by atomic mass is 9.98. The van der Waals surface area contributed by atoms with Crippen LogP contribution in [0.2, 0.25) is 0 Å². The second kappa shape index (κ2) is 9.17. The highest BCUT2D eigenvalue weighted by Gasteiger charge is 2.29. The van der Waals surface area contributed by atoms with E-state index in [9.17, 15) is 9.59 Å². The van der Waals surface area contributed by atoms with Gasteiger partial charge in [0.25, 0.3) is 0 Å². The highest BCUT2D eigenvalue weighted by Crippen LogP contribution is 2.44. The number of methoxy groups -OCH3 is 1. The lowest BCUT2D eigenvalue weighted by Crippen LogP contribution is -2.39. The first kappa shape index (κ1) is 20.2. The molecule has 1 fully saturated rings. The zero-order chi connectivity index (χ0) is 20.9. The van der Waals surface area contributed by atoms with Crippen LogP contribution in [0.4, 0.5) is 9.59 Å². The van der Waals surface area contributed by atoms with Gasteiger partial charge in [0.1, 0.15) is 6.61 Å². The Bertz CT molecular complexity index is 864. The van der Waals surface area contributed by atoms with E-state index in [1.165, 1.54) is 18.2 Å². The number of ether oxygens (including phenoxy) is 3. The second-order valence-electron chi connectivity index (χ2n) is 7.45. The molecule has 2 aromatic carbocycles. The van der Waals surface area contributed by atoms with Gasteiger partial charge in [0, 0.05) is 26.1 Å². The van der Waals surface area contributed by atoms with E-state index in [-0.39, 0.29) is 19.1 Å². The summed E-state index contributed by atoms with van der Waals surface area (Å²) in [7, 11) is 1.43. The number of carbonyl (C=O) groups excluding carboxylic acids is 2. The van der Waals surface area contributed by atoms with Crippen molar-refractivity contribution < 1.29 is 23.8 Å². The summed E-state index contributed by atoms with van der Waals surface area (Å²) in [5.74, 6) is -0.00522. The van der Waals surface area contributed by atoms with Crippen LogP contribution in [0, 0.1) is 0 Å². The van der Waals surface area contributed by atoms with Crippen molar-refractivity contribution in [1.82, 2.24) is 10.2 Å². The predicted molar refractivity (Wildman–Crippen MR) is 111 cm³/mol. The smallest absolute Gasteiger partial charge is 0.412 e. The molecule has 1 aliphatic carbocycles. The zero-order valence-electron chi connectivity index (χ0n) is 17.0. The molecule has 1 aliphatic heterocycles. The maximum absolute atomic E-state index is 12.2. The molecular formula is C23H26N2O5. The molecule has 0 radical (unpaired) electrons. The van der Waals surface area contributed by atoms with Gasteiger partial charge in [-0.05, 0) is 35.1 Å². The minimum absolute atomic E-state index is 0.00522. The number of alkyl carbamates (subject to hydrolysis) is 1. The van der Waals surface area contributed by atoms with Gasteiger partial charge < -0.3 is 24.4 Å². The van der Waals surface area contributed by atoms with E-state index in [4.69, 9.17) is 14.2 Å². The lowest BCUT2D eigenvalue weighted by Gasteiger charge is -2.21. The van der Waals surface area contributed by atoms with Crippen molar-refractivity contribution in [2.24, 2.45) is 0 Å². The largest absolute Gasteiger partial charge is 0.449 e. The van der Waals surface area contributed by atoms with Crippen LogP contribution >= 0.6 is 0 Å². The maximum atomic E-state index is 12.2. The summed E-state index contributed by atoms with van der Waals surface area (Å²) in [6.07, 6.45) is 0.0959. The van der Waals surface area contributed by atoms with Crippen LogP contribution in [-0.4, -0.2) is 56.7 Å². The van der Waals surface area contributed by atoms with Crippen molar-refractivity contribution in [3.8, 4) is 11.1 Å². The minimum Gasteiger partial charge on any atom is -0.449 e. The minimum atomic E-state index is -0.862. The Labute approximate surface area is 175 Å². The summed E-state index contributed by atoms with van der Waals surface area (Å²) >= 11 is 0. The second-order valence-corrected chi connectivity index (χ2v) is 7.45. The quantitative estimate of drug-likeness (QED) is 0.735. The van der Waals surface area contributed by atoms with E-state index in [1.54, 1.807) is 4.90 Å². The van der Waals surface area contributed by atoms with Crippen LogP contribution < -0.4 is 5.32 Å². The number of fused-ring (bicyclic) bond motifs is 3. The number of carbonyl (C=O) groups is 2. The van der Waals surface area contributed by atoms with E-state index in [0.717, 1.165) is 24.0 Å². The first-order chi connectivity index (χ1) is 14.7. The molecule has 2 aromatic rings. The topological polar surface area (TPSA) is 77.1 Å². The molecule has 2 aliphatic rings. The first-order valence-corrected chi connectivity index (χ1v) is 10.2. The van der Waals surface area contributed by atoms with Crippen molar-refractivity contribution in [3.63, 3.8) is 0 Å². The van der Waals surface area contributed by atoms with Crippen LogP contribution in [-0.2, 0) is 14.2 Å². The molecule has 2 amide bonds. The Hall–Kier alpha value is -3.06. The van der Waals surface area contributed by atoms with E-state index in [2.05, 4.69) is 29.6 Å². The Balaban J connectivity index is 1.30. The van der Waals surface area contributed by atoms with Gasteiger partial charge in [-0.25, -0.2) is 9.59 Å². The number of nitrogens with zero attached hydrogens (tertiary/aromatic N) is 1. The van der Waals surface area contributed by atoms with Gasteiger partial charge in [-0.2, -0.15) is 0 Å². The van der Waals surface area contributed by atoms with Crippen molar-refractivity contribution in [2.45, 2.75) is 25.0 Å². The molecule has 1 heterocycles. The molecule has 1 N–H and O–H groups in total. The van der Waals surface area contributed by atoms with Gasteiger partial charge in [-0.3, -0.25) is 0 Å². The summed E-state index contributed by atoms with van der Waals surface area (Å²) in [5.41, 5.74) is 4.66. The first-order valence-electron chi connectivity index (χ1n) is 10.2. The van der Waals surface area contributed by atoms with E-state index >= 15 is 0 Å². The van der Waals surface area contributed by atoms with Gasteiger partial charge in [-0.1, -0.05) is 48.5 Å². The Morgan fingerprint density at radius 2 is 1.63 bits per heavy atom. The number of likely N-dealkylation sites (tertiary alicyclic amines) is 1. The van der Waals surface area contributed by atoms with Crippen LogP contribution in [0.15, 0.2) is 48.5 Å². The molecule has 1 saturated heterocycles. The molecule has 30 heavy (non-hydrogen) atoms.